The quantitative estimate of drug-likeness (QED) is 0.249. The van der Waals surface area contributed by atoms with Crippen molar-refractivity contribution < 1.29 is 14.1 Å². The molecule has 0 aliphatic rings. The Hall–Kier alpha value is -3.39. The summed E-state index contributed by atoms with van der Waals surface area (Å²) in [5, 5.41) is 14.8. The van der Waals surface area contributed by atoms with Gasteiger partial charge in [-0.1, -0.05) is 29.8 Å². The first-order chi connectivity index (χ1) is 14.0. The van der Waals surface area contributed by atoms with Crippen molar-refractivity contribution >= 4 is 29.6 Å². The molecule has 2 aromatic carbocycles. The fraction of sp³-hybridized carbons (Fsp3) is 0.143. The van der Waals surface area contributed by atoms with Gasteiger partial charge in [0.15, 0.2) is 0 Å². The van der Waals surface area contributed by atoms with Crippen molar-refractivity contribution in [1.82, 2.24) is 5.43 Å². The molecule has 7 nitrogen and oxygen atoms in total. The number of furan rings is 1. The van der Waals surface area contributed by atoms with Crippen molar-refractivity contribution in [2.75, 3.05) is 5.75 Å². The van der Waals surface area contributed by atoms with E-state index in [1.807, 2.05) is 31.2 Å². The molecule has 0 saturated heterocycles. The Bertz CT molecular complexity index is 1030. The Kier molecular flexibility index (Phi) is 6.80. The van der Waals surface area contributed by atoms with Crippen LogP contribution in [0.3, 0.4) is 0 Å². The fourth-order valence-electron chi connectivity index (χ4n) is 2.47. The van der Waals surface area contributed by atoms with Gasteiger partial charge in [-0.2, -0.15) is 5.10 Å². The summed E-state index contributed by atoms with van der Waals surface area (Å²) in [6, 6.07) is 17.7. The molecule has 8 heteroatoms. The molecule has 1 N–H and O–H groups in total. The maximum Gasteiger partial charge on any atom is 0.270 e. The molecule has 1 aromatic heterocycles. The first-order valence-corrected chi connectivity index (χ1v) is 9.86. The number of nitro benzene ring substituents is 1. The lowest BCUT2D eigenvalue weighted by Gasteiger charge is -2.01. The van der Waals surface area contributed by atoms with E-state index in [9.17, 15) is 14.9 Å². The highest BCUT2D eigenvalue weighted by molar-refractivity contribution is 7.99. The molecule has 0 atom stereocenters. The van der Waals surface area contributed by atoms with Gasteiger partial charge in [0, 0.05) is 34.8 Å². The zero-order valence-corrected chi connectivity index (χ0v) is 16.5. The van der Waals surface area contributed by atoms with E-state index in [0.717, 1.165) is 4.90 Å². The van der Waals surface area contributed by atoms with Gasteiger partial charge in [-0.25, -0.2) is 5.43 Å². The second-order valence-electron chi connectivity index (χ2n) is 6.21. The molecule has 0 unspecified atom stereocenters. The third kappa shape index (κ3) is 6.05. The van der Waals surface area contributed by atoms with Crippen LogP contribution in [-0.4, -0.2) is 22.8 Å². The van der Waals surface area contributed by atoms with Gasteiger partial charge < -0.3 is 4.42 Å². The molecular weight excluding hydrogens is 390 g/mol. The molecule has 0 bridgehead atoms. The van der Waals surface area contributed by atoms with Crippen LogP contribution >= 0.6 is 11.8 Å². The number of rotatable bonds is 8. The minimum Gasteiger partial charge on any atom is -0.455 e. The Morgan fingerprint density at radius 2 is 2.00 bits per heavy atom. The van der Waals surface area contributed by atoms with E-state index in [1.165, 1.54) is 23.9 Å². The maximum absolute atomic E-state index is 11.9. The lowest BCUT2D eigenvalue weighted by molar-refractivity contribution is -0.384. The van der Waals surface area contributed by atoms with E-state index in [1.54, 1.807) is 36.0 Å². The number of hydrogen-bond acceptors (Lipinski definition) is 6. The largest absolute Gasteiger partial charge is 0.455 e. The zero-order valence-electron chi connectivity index (χ0n) is 15.7. The zero-order chi connectivity index (χ0) is 20.6. The number of carbonyl (C=O) groups excluding carboxylic acids is 1. The fourth-order valence-corrected chi connectivity index (χ4v) is 3.32. The second-order valence-corrected chi connectivity index (χ2v) is 7.38. The molecule has 29 heavy (non-hydrogen) atoms. The third-order valence-corrected chi connectivity index (χ3v) is 4.98. The molecular formula is C21H19N3O4S. The normalized spacial score (nSPS) is 10.9. The molecule has 0 fully saturated rings. The SMILES string of the molecule is Cc1ccc(SCCC(=O)N/N=C\c2ccc(-c3cccc([N+](=O)[O-])c3)o2)cc1. The van der Waals surface area contributed by atoms with Crippen LogP contribution in [0.2, 0.25) is 0 Å². The Morgan fingerprint density at radius 1 is 1.21 bits per heavy atom. The van der Waals surface area contributed by atoms with Crippen LogP contribution in [0, 0.1) is 17.0 Å². The topological polar surface area (TPSA) is 97.7 Å². The van der Waals surface area contributed by atoms with Gasteiger partial charge >= 0.3 is 0 Å². The Morgan fingerprint density at radius 3 is 2.76 bits per heavy atom. The summed E-state index contributed by atoms with van der Waals surface area (Å²) >= 11 is 1.61. The van der Waals surface area contributed by atoms with Crippen molar-refractivity contribution in [2.24, 2.45) is 5.10 Å². The van der Waals surface area contributed by atoms with E-state index in [2.05, 4.69) is 10.5 Å². The van der Waals surface area contributed by atoms with Gasteiger partial charge in [-0.05, 0) is 31.2 Å². The summed E-state index contributed by atoms with van der Waals surface area (Å²) in [6.07, 6.45) is 1.73. The number of amides is 1. The van der Waals surface area contributed by atoms with Crippen LogP contribution in [0.5, 0.6) is 0 Å². The van der Waals surface area contributed by atoms with Gasteiger partial charge in [0.1, 0.15) is 11.5 Å². The molecule has 1 amide bonds. The highest BCUT2D eigenvalue weighted by Crippen LogP contribution is 2.25. The summed E-state index contributed by atoms with van der Waals surface area (Å²) in [7, 11) is 0. The molecule has 148 valence electrons. The average Bonchev–Trinajstić information content (AvgIpc) is 3.18. The lowest BCUT2D eigenvalue weighted by Crippen LogP contribution is -2.17. The summed E-state index contributed by atoms with van der Waals surface area (Å²) in [4.78, 5) is 23.4. The maximum atomic E-state index is 11.9. The van der Waals surface area contributed by atoms with Gasteiger partial charge in [-0.15, -0.1) is 11.8 Å². The van der Waals surface area contributed by atoms with E-state index >= 15 is 0 Å². The number of aryl methyl sites for hydroxylation is 1. The van der Waals surface area contributed by atoms with Crippen LogP contribution < -0.4 is 5.43 Å². The molecule has 0 saturated carbocycles. The monoisotopic (exact) mass is 409 g/mol. The number of hydrazone groups is 1. The summed E-state index contributed by atoms with van der Waals surface area (Å²) in [6.45, 7) is 2.03. The number of hydrogen-bond donors (Lipinski definition) is 1. The molecule has 0 aliphatic carbocycles. The van der Waals surface area contributed by atoms with Gasteiger partial charge in [0.2, 0.25) is 5.91 Å². The van der Waals surface area contributed by atoms with E-state index < -0.39 is 4.92 Å². The molecule has 0 aliphatic heterocycles. The van der Waals surface area contributed by atoms with E-state index in [4.69, 9.17) is 4.42 Å². The van der Waals surface area contributed by atoms with Crippen molar-refractivity contribution in [1.29, 1.82) is 0 Å². The number of nitrogens with one attached hydrogen (secondary N) is 1. The van der Waals surface area contributed by atoms with Crippen LogP contribution in [0.25, 0.3) is 11.3 Å². The smallest absolute Gasteiger partial charge is 0.270 e. The number of nitro groups is 1. The average molecular weight is 409 g/mol. The summed E-state index contributed by atoms with van der Waals surface area (Å²) in [5.41, 5.74) is 4.25. The lowest BCUT2D eigenvalue weighted by atomic mass is 10.1. The number of nitrogens with zero attached hydrogens (tertiary/aromatic N) is 2. The van der Waals surface area contributed by atoms with Crippen LogP contribution in [0.4, 0.5) is 5.69 Å². The van der Waals surface area contributed by atoms with Gasteiger partial charge in [-0.3, -0.25) is 14.9 Å². The molecule has 3 aromatic rings. The van der Waals surface area contributed by atoms with E-state index in [-0.39, 0.29) is 11.6 Å². The second kappa shape index (κ2) is 9.70. The van der Waals surface area contributed by atoms with Crippen LogP contribution in [0.1, 0.15) is 17.7 Å². The van der Waals surface area contributed by atoms with Crippen molar-refractivity contribution in [2.45, 2.75) is 18.2 Å². The van der Waals surface area contributed by atoms with Crippen LogP contribution in [-0.2, 0) is 4.79 Å². The number of benzene rings is 2. The van der Waals surface area contributed by atoms with Crippen molar-refractivity contribution in [3.8, 4) is 11.3 Å². The molecule has 1 heterocycles. The minimum absolute atomic E-state index is 0.00936. The molecule has 3 rings (SSSR count). The van der Waals surface area contributed by atoms with E-state index in [0.29, 0.717) is 29.3 Å². The predicted octanol–water partition coefficient (Wildman–Crippen LogP) is 4.80. The van der Waals surface area contributed by atoms with Gasteiger partial charge in [0.05, 0.1) is 11.1 Å². The highest BCUT2D eigenvalue weighted by Gasteiger charge is 2.09. The van der Waals surface area contributed by atoms with Gasteiger partial charge in [0.25, 0.3) is 5.69 Å². The molecule has 0 spiro atoms. The summed E-state index contributed by atoms with van der Waals surface area (Å²) in [5.74, 6) is 1.38. The number of thioether (sulfide) groups is 1. The predicted molar refractivity (Wildman–Crippen MR) is 113 cm³/mol. The number of non-ortho nitro benzene ring substituents is 1. The Labute approximate surface area is 172 Å². The Balaban J connectivity index is 1.48. The first-order valence-electron chi connectivity index (χ1n) is 8.87. The number of carbonyl (C=O) groups is 1. The highest BCUT2D eigenvalue weighted by atomic mass is 32.2. The third-order valence-electron chi connectivity index (χ3n) is 3.97. The standard InChI is InChI=1S/C21H19N3O4S/c1-15-5-8-19(9-6-15)29-12-11-21(25)23-22-14-18-7-10-20(28-18)16-3-2-4-17(13-16)24(26)27/h2-10,13-14H,11-12H2,1H3,(H,23,25)/b22-14-. The molecule has 0 radical (unpaired) electrons. The van der Waals surface area contributed by atoms with Crippen molar-refractivity contribution in [3.05, 3.63) is 82.1 Å². The van der Waals surface area contributed by atoms with Crippen LogP contribution in [0.15, 0.2) is 75.1 Å². The van der Waals surface area contributed by atoms with Crippen molar-refractivity contribution in [3.63, 3.8) is 0 Å². The minimum atomic E-state index is -0.457. The summed E-state index contributed by atoms with van der Waals surface area (Å²) < 4.78 is 5.61. The first kappa shape index (κ1) is 20.3.